The molecule has 9 nitrogen and oxygen atoms in total. The molecule has 2 aromatic heterocycles. The third kappa shape index (κ3) is 4.62. The SMILES string of the molecule is Cc1cc(-c2cn(CCN3CCC3)c([C@H]3CCN(c4ncnc(N)c4C(N)=O)C[C@H]3F)n2)ccc1F. The summed E-state index contributed by atoms with van der Waals surface area (Å²) in [6.45, 7) is 5.89. The van der Waals surface area contributed by atoms with Gasteiger partial charge in [0.05, 0.1) is 18.2 Å². The number of imidazole rings is 1. The van der Waals surface area contributed by atoms with Gasteiger partial charge >= 0.3 is 0 Å². The quantitative estimate of drug-likeness (QED) is 0.516. The summed E-state index contributed by atoms with van der Waals surface area (Å²) in [5, 5.41) is 0. The first-order chi connectivity index (χ1) is 17.3. The number of primary amides is 1. The summed E-state index contributed by atoms with van der Waals surface area (Å²) in [5.74, 6) is -0.555. The van der Waals surface area contributed by atoms with Gasteiger partial charge in [-0.15, -0.1) is 0 Å². The van der Waals surface area contributed by atoms with E-state index in [0.29, 0.717) is 36.6 Å². The predicted octanol–water partition coefficient (Wildman–Crippen LogP) is 2.51. The normalized spacial score (nSPS) is 20.4. The maximum atomic E-state index is 15.7. The van der Waals surface area contributed by atoms with Crippen molar-refractivity contribution >= 4 is 17.5 Å². The van der Waals surface area contributed by atoms with Crippen molar-refractivity contribution in [3.05, 3.63) is 53.5 Å². The number of benzene rings is 1. The van der Waals surface area contributed by atoms with E-state index < -0.39 is 18.0 Å². The smallest absolute Gasteiger partial charge is 0.256 e. The van der Waals surface area contributed by atoms with Crippen molar-refractivity contribution in [1.29, 1.82) is 0 Å². The fourth-order valence-corrected chi connectivity index (χ4v) is 4.96. The van der Waals surface area contributed by atoms with E-state index in [-0.39, 0.29) is 29.6 Å². The maximum Gasteiger partial charge on any atom is 0.256 e. The number of nitrogen functional groups attached to an aromatic ring is 1. The fourth-order valence-electron chi connectivity index (χ4n) is 4.96. The van der Waals surface area contributed by atoms with Gasteiger partial charge in [0.25, 0.3) is 5.91 Å². The van der Waals surface area contributed by atoms with E-state index in [4.69, 9.17) is 16.5 Å². The van der Waals surface area contributed by atoms with Crippen molar-refractivity contribution in [1.82, 2.24) is 24.4 Å². The predicted molar refractivity (Wildman–Crippen MR) is 133 cm³/mol. The number of hydrogen-bond donors (Lipinski definition) is 2. The van der Waals surface area contributed by atoms with E-state index in [1.165, 1.54) is 18.8 Å². The van der Waals surface area contributed by atoms with Crippen molar-refractivity contribution in [2.75, 3.05) is 43.4 Å². The third-order valence-corrected chi connectivity index (χ3v) is 7.14. The Morgan fingerprint density at radius 3 is 2.67 bits per heavy atom. The van der Waals surface area contributed by atoms with Gasteiger partial charge in [-0.2, -0.15) is 0 Å². The van der Waals surface area contributed by atoms with Crippen LogP contribution in [0.3, 0.4) is 0 Å². The van der Waals surface area contributed by atoms with Gasteiger partial charge in [-0.3, -0.25) is 4.79 Å². The third-order valence-electron chi connectivity index (χ3n) is 7.14. The lowest BCUT2D eigenvalue weighted by molar-refractivity contribution is 0.100. The van der Waals surface area contributed by atoms with Gasteiger partial charge in [0.2, 0.25) is 0 Å². The molecule has 5 rings (SSSR count). The Balaban J connectivity index is 1.42. The van der Waals surface area contributed by atoms with Gasteiger partial charge in [-0.05, 0) is 56.6 Å². The summed E-state index contributed by atoms with van der Waals surface area (Å²) in [5.41, 5.74) is 13.4. The average Bonchev–Trinajstić information content (AvgIpc) is 3.23. The zero-order valence-corrected chi connectivity index (χ0v) is 20.2. The summed E-state index contributed by atoms with van der Waals surface area (Å²) < 4.78 is 31.6. The molecule has 4 heterocycles. The minimum Gasteiger partial charge on any atom is -0.383 e. The summed E-state index contributed by atoms with van der Waals surface area (Å²) in [4.78, 5) is 28.8. The van der Waals surface area contributed by atoms with Crippen LogP contribution >= 0.6 is 0 Å². The molecule has 0 unspecified atom stereocenters. The van der Waals surface area contributed by atoms with Gasteiger partial charge in [-0.25, -0.2) is 23.7 Å². The highest BCUT2D eigenvalue weighted by Gasteiger charge is 2.36. The molecule has 190 valence electrons. The molecule has 0 radical (unpaired) electrons. The Labute approximate surface area is 208 Å². The van der Waals surface area contributed by atoms with Crippen LogP contribution in [0.4, 0.5) is 20.4 Å². The molecule has 2 atom stereocenters. The van der Waals surface area contributed by atoms with Gasteiger partial charge in [0.15, 0.2) is 0 Å². The zero-order chi connectivity index (χ0) is 25.4. The highest BCUT2D eigenvalue weighted by atomic mass is 19.1. The topological polar surface area (TPSA) is 119 Å². The summed E-state index contributed by atoms with van der Waals surface area (Å²) in [6.07, 6.45) is 3.59. The van der Waals surface area contributed by atoms with E-state index >= 15 is 4.39 Å². The Kier molecular flexibility index (Phi) is 6.57. The zero-order valence-electron chi connectivity index (χ0n) is 20.2. The lowest BCUT2D eigenvalue weighted by Crippen LogP contribution is -2.43. The Morgan fingerprint density at radius 2 is 2.00 bits per heavy atom. The van der Waals surface area contributed by atoms with Crippen LogP contribution in [0.1, 0.15) is 40.5 Å². The molecular formula is C25H30F2N8O. The molecule has 4 N–H and O–H groups in total. The molecule has 2 aliphatic rings. The highest BCUT2D eigenvalue weighted by molar-refractivity contribution is 6.01. The molecular weight excluding hydrogens is 466 g/mol. The number of amides is 1. The van der Waals surface area contributed by atoms with Crippen molar-refractivity contribution in [2.45, 2.75) is 38.4 Å². The van der Waals surface area contributed by atoms with Crippen LogP contribution in [0.15, 0.2) is 30.7 Å². The second-order valence-corrected chi connectivity index (χ2v) is 9.52. The molecule has 1 aromatic carbocycles. The van der Waals surface area contributed by atoms with Crippen molar-refractivity contribution in [2.24, 2.45) is 5.73 Å². The van der Waals surface area contributed by atoms with Crippen molar-refractivity contribution < 1.29 is 13.6 Å². The Bertz CT molecular complexity index is 1270. The summed E-state index contributed by atoms with van der Waals surface area (Å²) in [6, 6.07) is 4.90. The number of aryl methyl sites for hydroxylation is 1. The van der Waals surface area contributed by atoms with Crippen LogP contribution in [0, 0.1) is 12.7 Å². The number of halogens is 2. The number of carbonyl (C=O) groups is 1. The second-order valence-electron chi connectivity index (χ2n) is 9.52. The van der Waals surface area contributed by atoms with Crippen LogP contribution in [-0.4, -0.2) is 69.2 Å². The lowest BCUT2D eigenvalue weighted by Gasteiger charge is -2.36. The standard InChI is InChI=1S/C25H30F2N8O/c1-15-11-16(3-4-18(15)26)20-13-35(10-9-33-6-2-7-33)24(32-20)17-5-8-34(12-19(17)27)25-21(23(29)36)22(28)30-14-31-25/h3-4,11,13-14,17,19H,2,5-10,12H2,1H3,(H2,29,36)(H2,28,30,31)/t17-,19+/m0/s1. The molecule has 0 aliphatic carbocycles. The number of carbonyl (C=O) groups excluding carboxylic acids is 1. The monoisotopic (exact) mass is 496 g/mol. The first-order valence-corrected chi connectivity index (χ1v) is 12.2. The van der Waals surface area contributed by atoms with Crippen LogP contribution < -0.4 is 16.4 Å². The first-order valence-electron chi connectivity index (χ1n) is 12.2. The molecule has 1 amide bonds. The van der Waals surface area contributed by atoms with Crippen LogP contribution in [0.25, 0.3) is 11.3 Å². The molecule has 11 heteroatoms. The van der Waals surface area contributed by atoms with E-state index in [9.17, 15) is 9.18 Å². The van der Waals surface area contributed by atoms with Gasteiger partial charge < -0.3 is 25.8 Å². The molecule has 2 aliphatic heterocycles. The summed E-state index contributed by atoms with van der Waals surface area (Å²) in [7, 11) is 0. The highest BCUT2D eigenvalue weighted by Crippen LogP contribution is 2.35. The number of alkyl halides is 1. The number of piperidine rings is 1. The first kappa shape index (κ1) is 24.1. The van der Waals surface area contributed by atoms with Crippen LogP contribution in [0.5, 0.6) is 0 Å². The number of rotatable bonds is 7. The number of nitrogens with two attached hydrogens (primary N) is 2. The Morgan fingerprint density at radius 1 is 1.19 bits per heavy atom. The second kappa shape index (κ2) is 9.81. The summed E-state index contributed by atoms with van der Waals surface area (Å²) >= 11 is 0. The van der Waals surface area contributed by atoms with Crippen LogP contribution in [0.2, 0.25) is 0 Å². The largest absolute Gasteiger partial charge is 0.383 e. The number of nitrogens with zero attached hydrogens (tertiary/aromatic N) is 6. The molecule has 36 heavy (non-hydrogen) atoms. The minimum atomic E-state index is -1.26. The Hall–Kier alpha value is -3.60. The van der Waals surface area contributed by atoms with E-state index in [0.717, 1.165) is 25.2 Å². The number of anilines is 2. The molecule has 0 spiro atoms. The van der Waals surface area contributed by atoms with Gasteiger partial charge in [-0.1, -0.05) is 0 Å². The molecule has 0 bridgehead atoms. The van der Waals surface area contributed by atoms with E-state index in [2.05, 4.69) is 14.9 Å². The molecule has 3 aromatic rings. The molecule has 2 saturated heterocycles. The fraction of sp³-hybridized carbons (Fsp3) is 0.440. The average molecular weight is 497 g/mol. The van der Waals surface area contributed by atoms with Gasteiger partial charge in [0, 0.05) is 31.4 Å². The van der Waals surface area contributed by atoms with Crippen molar-refractivity contribution in [3.63, 3.8) is 0 Å². The number of aromatic nitrogens is 4. The van der Waals surface area contributed by atoms with E-state index in [1.54, 1.807) is 24.0 Å². The number of hydrogen-bond acceptors (Lipinski definition) is 7. The maximum absolute atomic E-state index is 15.7. The van der Waals surface area contributed by atoms with Gasteiger partial charge in [0.1, 0.15) is 41.3 Å². The van der Waals surface area contributed by atoms with E-state index in [1.807, 2.05) is 10.8 Å². The van der Waals surface area contributed by atoms with Crippen molar-refractivity contribution in [3.8, 4) is 11.3 Å². The van der Waals surface area contributed by atoms with Crippen LogP contribution in [-0.2, 0) is 6.54 Å². The molecule has 0 saturated carbocycles. The lowest BCUT2D eigenvalue weighted by atomic mass is 9.93. The number of likely N-dealkylation sites (tertiary alicyclic amines) is 1. The minimum absolute atomic E-state index is 0.00756. The molecule has 2 fully saturated rings.